The van der Waals surface area contributed by atoms with Crippen LogP contribution in [-0.4, -0.2) is 37.0 Å². The third kappa shape index (κ3) is 5.93. The van der Waals surface area contributed by atoms with Crippen molar-refractivity contribution in [1.29, 1.82) is 0 Å². The van der Waals surface area contributed by atoms with Gasteiger partial charge in [-0.25, -0.2) is 0 Å². The molecule has 1 N–H and O–H groups in total. The second kappa shape index (κ2) is 8.36. The molecule has 0 bridgehead atoms. The highest BCUT2D eigenvalue weighted by Gasteiger charge is 2.21. The van der Waals surface area contributed by atoms with E-state index in [4.69, 9.17) is 0 Å². The maximum Gasteiger partial charge on any atom is 0.237 e. The third-order valence-electron chi connectivity index (χ3n) is 2.46. The van der Waals surface area contributed by atoms with Crippen LogP contribution in [0.5, 0.6) is 0 Å². The molecule has 0 aliphatic heterocycles. The van der Waals surface area contributed by atoms with Crippen molar-refractivity contribution in [3.05, 3.63) is 25.3 Å². The van der Waals surface area contributed by atoms with Gasteiger partial charge in [0.1, 0.15) is 0 Å². The summed E-state index contributed by atoms with van der Waals surface area (Å²) in [6, 6.07) is 0. The first-order chi connectivity index (χ1) is 7.27. The Morgan fingerprint density at radius 1 is 1.31 bits per heavy atom. The fourth-order valence-corrected chi connectivity index (χ4v) is 1.41. The summed E-state index contributed by atoms with van der Waals surface area (Å²) in [5.41, 5.74) is 0. The molecule has 4 heteroatoms. The van der Waals surface area contributed by atoms with Gasteiger partial charge >= 0.3 is 0 Å². The predicted octanol–water partition coefficient (Wildman–Crippen LogP) is 1.61. The summed E-state index contributed by atoms with van der Waals surface area (Å²) >= 11 is 0. The molecule has 0 atom stereocenters. The van der Waals surface area contributed by atoms with Crippen molar-refractivity contribution in [1.82, 2.24) is 10.2 Å². The minimum Gasteiger partial charge on any atom is -0.334 e. The van der Waals surface area contributed by atoms with Gasteiger partial charge in [-0.3, -0.25) is 4.79 Å². The molecule has 0 unspecified atom stereocenters. The van der Waals surface area contributed by atoms with E-state index in [2.05, 4.69) is 18.5 Å². The molecule has 1 fully saturated rings. The van der Waals surface area contributed by atoms with Gasteiger partial charge < -0.3 is 10.2 Å². The second-order valence-electron chi connectivity index (χ2n) is 3.95. The summed E-state index contributed by atoms with van der Waals surface area (Å²) < 4.78 is 0. The van der Waals surface area contributed by atoms with Gasteiger partial charge in [-0.15, -0.1) is 25.6 Å². The number of hydrogen-bond donors (Lipinski definition) is 1. The van der Waals surface area contributed by atoms with E-state index in [1.165, 1.54) is 12.8 Å². The Balaban J connectivity index is 0.00000225. The molecule has 16 heavy (non-hydrogen) atoms. The fourth-order valence-electron chi connectivity index (χ4n) is 1.41. The molecule has 0 aromatic carbocycles. The summed E-state index contributed by atoms with van der Waals surface area (Å²) in [7, 11) is 0. The molecule has 0 radical (unpaired) electrons. The first-order valence-electron chi connectivity index (χ1n) is 5.48. The van der Waals surface area contributed by atoms with E-state index < -0.39 is 0 Å². The van der Waals surface area contributed by atoms with Crippen LogP contribution in [0.2, 0.25) is 0 Å². The van der Waals surface area contributed by atoms with E-state index >= 15 is 0 Å². The molecule has 1 aliphatic carbocycles. The number of hydrogen-bond acceptors (Lipinski definition) is 2. The zero-order valence-corrected chi connectivity index (χ0v) is 10.5. The van der Waals surface area contributed by atoms with E-state index in [1.807, 2.05) is 0 Å². The molecular formula is C12H21ClN2O. The molecule has 1 aliphatic rings. The highest BCUT2D eigenvalue weighted by Crippen LogP contribution is 2.27. The van der Waals surface area contributed by atoms with Gasteiger partial charge in [-0.05, 0) is 25.3 Å². The zero-order chi connectivity index (χ0) is 11.1. The molecule has 92 valence electrons. The molecule has 0 aromatic heterocycles. The maximum atomic E-state index is 11.7. The topological polar surface area (TPSA) is 32.3 Å². The van der Waals surface area contributed by atoms with Crippen molar-refractivity contribution in [2.75, 3.05) is 26.2 Å². The van der Waals surface area contributed by atoms with Gasteiger partial charge in [0.2, 0.25) is 5.91 Å². The largest absolute Gasteiger partial charge is 0.334 e. The lowest BCUT2D eigenvalue weighted by molar-refractivity contribution is -0.129. The number of carbonyl (C=O) groups is 1. The SMILES string of the molecule is C=CCN(CC=C)C(=O)CNCC1CC1.Cl. The molecule has 0 heterocycles. The van der Waals surface area contributed by atoms with Crippen LogP contribution in [0.4, 0.5) is 0 Å². The Kier molecular flexibility index (Phi) is 7.95. The van der Waals surface area contributed by atoms with E-state index in [-0.39, 0.29) is 18.3 Å². The Labute approximate surface area is 104 Å². The lowest BCUT2D eigenvalue weighted by Crippen LogP contribution is -2.38. The number of carbonyl (C=O) groups excluding carboxylic acids is 1. The van der Waals surface area contributed by atoms with E-state index in [0.717, 1.165) is 12.5 Å². The fraction of sp³-hybridized carbons (Fsp3) is 0.583. The van der Waals surface area contributed by atoms with Crippen LogP contribution in [0.3, 0.4) is 0 Å². The Bertz CT molecular complexity index is 229. The van der Waals surface area contributed by atoms with Crippen LogP contribution in [0, 0.1) is 5.92 Å². The first-order valence-corrected chi connectivity index (χ1v) is 5.48. The van der Waals surface area contributed by atoms with E-state index in [9.17, 15) is 4.79 Å². The van der Waals surface area contributed by atoms with Crippen molar-refractivity contribution in [2.45, 2.75) is 12.8 Å². The molecule has 0 aromatic rings. The summed E-state index contributed by atoms with van der Waals surface area (Å²) in [5.74, 6) is 0.931. The van der Waals surface area contributed by atoms with E-state index in [1.54, 1.807) is 17.1 Å². The van der Waals surface area contributed by atoms with Crippen LogP contribution in [0.1, 0.15) is 12.8 Å². The summed E-state index contributed by atoms with van der Waals surface area (Å²) in [4.78, 5) is 13.4. The molecule has 1 rings (SSSR count). The number of amides is 1. The second-order valence-corrected chi connectivity index (χ2v) is 3.95. The van der Waals surface area contributed by atoms with Gasteiger partial charge in [-0.1, -0.05) is 12.2 Å². The van der Waals surface area contributed by atoms with E-state index in [0.29, 0.717) is 19.6 Å². The van der Waals surface area contributed by atoms with Crippen LogP contribution in [0.15, 0.2) is 25.3 Å². The Morgan fingerprint density at radius 2 is 1.88 bits per heavy atom. The normalized spacial score (nSPS) is 13.8. The Morgan fingerprint density at radius 3 is 2.31 bits per heavy atom. The smallest absolute Gasteiger partial charge is 0.237 e. The Hall–Kier alpha value is -0.800. The standard InChI is InChI=1S/C12H20N2O.ClH/c1-3-7-14(8-4-2)12(15)10-13-9-11-5-6-11;/h3-4,11,13H,1-2,5-10H2;1H. The van der Waals surface area contributed by atoms with Gasteiger partial charge in [0.25, 0.3) is 0 Å². The maximum absolute atomic E-state index is 11.7. The van der Waals surface area contributed by atoms with Crippen LogP contribution < -0.4 is 5.32 Å². The quantitative estimate of drug-likeness (QED) is 0.658. The van der Waals surface area contributed by atoms with Crippen LogP contribution in [0.25, 0.3) is 0 Å². The molecule has 1 amide bonds. The molecule has 1 saturated carbocycles. The average Bonchev–Trinajstić information content (AvgIpc) is 3.01. The summed E-state index contributed by atoms with van der Waals surface area (Å²) in [6.07, 6.45) is 6.10. The minimum atomic E-state index is 0. The van der Waals surface area contributed by atoms with Crippen molar-refractivity contribution >= 4 is 18.3 Å². The highest BCUT2D eigenvalue weighted by atomic mass is 35.5. The number of rotatable bonds is 8. The predicted molar refractivity (Wildman–Crippen MR) is 69.8 cm³/mol. The van der Waals surface area contributed by atoms with Crippen LogP contribution in [-0.2, 0) is 4.79 Å². The van der Waals surface area contributed by atoms with Crippen molar-refractivity contribution in [3.8, 4) is 0 Å². The summed E-state index contributed by atoms with van der Waals surface area (Å²) in [6.45, 7) is 9.86. The van der Waals surface area contributed by atoms with Gasteiger partial charge in [0.15, 0.2) is 0 Å². The molecule has 0 saturated heterocycles. The monoisotopic (exact) mass is 244 g/mol. The number of nitrogens with one attached hydrogen (secondary N) is 1. The number of halogens is 1. The summed E-state index contributed by atoms with van der Waals surface area (Å²) in [5, 5.41) is 3.18. The lowest BCUT2D eigenvalue weighted by atomic mass is 10.4. The van der Waals surface area contributed by atoms with Crippen molar-refractivity contribution in [3.63, 3.8) is 0 Å². The van der Waals surface area contributed by atoms with Gasteiger partial charge in [-0.2, -0.15) is 0 Å². The van der Waals surface area contributed by atoms with Crippen LogP contribution >= 0.6 is 12.4 Å². The molecular weight excluding hydrogens is 224 g/mol. The van der Waals surface area contributed by atoms with Crippen molar-refractivity contribution in [2.24, 2.45) is 5.92 Å². The lowest BCUT2D eigenvalue weighted by Gasteiger charge is -2.19. The van der Waals surface area contributed by atoms with Gasteiger partial charge in [0, 0.05) is 13.1 Å². The number of nitrogens with zero attached hydrogens (tertiary/aromatic N) is 1. The van der Waals surface area contributed by atoms with Crippen molar-refractivity contribution < 1.29 is 4.79 Å². The third-order valence-corrected chi connectivity index (χ3v) is 2.46. The zero-order valence-electron chi connectivity index (χ0n) is 9.65. The first kappa shape index (κ1) is 15.2. The average molecular weight is 245 g/mol. The molecule has 0 spiro atoms. The minimum absolute atomic E-state index is 0. The molecule has 3 nitrogen and oxygen atoms in total. The van der Waals surface area contributed by atoms with Gasteiger partial charge in [0.05, 0.1) is 6.54 Å². The highest BCUT2D eigenvalue weighted by molar-refractivity contribution is 5.85.